The second kappa shape index (κ2) is 7.58. The van der Waals surface area contributed by atoms with Gasteiger partial charge in [0.15, 0.2) is 0 Å². The number of thiophene rings is 1. The van der Waals surface area contributed by atoms with Crippen molar-refractivity contribution in [1.29, 1.82) is 0 Å². The standard InChI is InChI=1S/C15H23Br2NS/c1-2-18-10-9-15(6-3-4-7-15)8-5-12-11-13(16)14(17)19-12/h11,18H,2-10H2,1H3. The largest absolute Gasteiger partial charge is 0.317 e. The molecule has 19 heavy (non-hydrogen) atoms. The van der Waals surface area contributed by atoms with Gasteiger partial charge in [0, 0.05) is 9.35 Å². The van der Waals surface area contributed by atoms with E-state index in [9.17, 15) is 0 Å². The average molecular weight is 409 g/mol. The Morgan fingerprint density at radius 2 is 2.00 bits per heavy atom. The SMILES string of the molecule is CCNCCC1(CCc2cc(Br)c(Br)s2)CCCC1. The van der Waals surface area contributed by atoms with E-state index in [-0.39, 0.29) is 0 Å². The van der Waals surface area contributed by atoms with Gasteiger partial charge in [-0.15, -0.1) is 11.3 Å². The fourth-order valence-corrected chi connectivity index (χ4v) is 5.36. The summed E-state index contributed by atoms with van der Waals surface area (Å²) in [5, 5.41) is 3.50. The number of nitrogens with one attached hydrogen (secondary N) is 1. The van der Waals surface area contributed by atoms with Gasteiger partial charge in [0.25, 0.3) is 0 Å². The van der Waals surface area contributed by atoms with Crippen LogP contribution in [0.5, 0.6) is 0 Å². The Bertz CT molecular complexity index is 377. The minimum absolute atomic E-state index is 0.616. The number of aryl methyl sites for hydroxylation is 1. The molecule has 0 radical (unpaired) electrons. The van der Waals surface area contributed by atoms with E-state index in [1.165, 1.54) is 64.6 Å². The zero-order chi connectivity index (χ0) is 13.7. The fraction of sp³-hybridized carbons (Fsp3) is 0.733. The number of hydrogen-bond donors (Lipinski definition) is 1. The van der Waals surface area contributed by atoms with Crippen LogP contribution < -0.4 is 5.32 Å². The Balaban J connectivity index is 1.89. The van der Waals surface area contributed by atoms with Gasteiger partial charge in [0.05, 0.1) is 3.79 Å². The van der Waals surface area contributed by atoms with Gasteiger partial charge in [0.2, 0.25) is 0 Å². The molecular weight excluding hydrogens is 386 g/mol. The maximum atomic E-state index is 3.60. The van der Waals surface area contributed by atoms with Crippen molar-refractivity contribution in [1.82, 2.24) is 5.32 Å². The molecule has 0 bridgehead atoms. The third-order valence-corrected chi connectivity index (χ3v) is 7.66. The van der Waals surface area contributed by atoms with E-state index < -0.39 is 0 Å². The lowest BCUT2D eigenvalue weighted by molar-refractivity contribution is 0.246. The quantitative estimate of drug-likeness (QED) is 0.565. The minimum Gasteiger partial charge on any atom is -0.317 e. The van der Waals surface area contributed by atoms with E-state index in [0.29, 0.717) is 5.41 Å². The van der Waals surface area contributed by atoms with E-state index in [1.54, 1.807) is 0 Å². The molecule has 0 atom stereocenters. The van der Waals surface area contributed by atoms with Gasteiger partial charge in [-0.2, -0.15) is 0 Å². The number of hydrogen-bond acceptors (Lipinski definition) is 2. The first-order chi connectivity index (χ1) is 9.15. The fourth-order valence-electron chi connectivity index (χ4n) is 3.18. The van der Waals surface area contributed by atoms with E-state index in [0.717, 1.165) is 6.54 Å². The lowest BCUT2D eigenvalue weighted by atomic mass is 9.78. The van der Waals surface area contributed by atoms with Crippen molar-refractivity contribution in [2.75, 3.05) is 13.1 Å². The van der Waals surface area contributed by atoms with Crippen molar-refractivity contribution in [2.24, 2.45) is 5.41 Å². The van der Waals surface area contributed by atoms with Gasteiger partial charge in [-0.1, -0.05) is 19.8 Å². The van der Waals surface area contributed by atoms with Gasteiger partial charge in [0.1, 0.15) is 0 Å². The highest BCUT2D eigenvalue weighted by molar-refractivity contribution is 9.13. The maximum Gasteiger partial charge on any atom is 0.0843 e. The Hall–Kier alpha value is 0.620. The second-order valence-corrected chi connectivity index (χ2v) is 8.95. The molecule has 1 aliphatic rings. The molecule has 1 aliphatic carbocycles. The van der Waals surface area contributed by atoms with Crippen LogP contribution in [-0.4, -0.2) is 13.1 Å². The summed E-state index contributed by atoms with van der Waals surface area (Å²) in [4.78, 5) is 1.51. The van der Waals surface area contributed by atoms with Crippen molar-refractivity contribution in [3.8, 4) is 0 Å². The third-order valence-electron chi connectivity index (χ3n) is 4.34. The summed E-state index contributed by atoms with van der Waals surface area (Å²) in [6.07, 6.45) is 9.69. The molecule has 0 spiro atoms. The molecule has 0 amide bonds. The van der Waals surface area contributed by atoms with Crippen molar-refractivity contribution >= 4 is 43.2 Å². The van der Waals surface area contributed by atoms with Crippen molar-refractivity contribution in [2.45, 2.75) is 51.9 Å². The van der Waals surface area contributed by atoms with Crippen LogP contribution in [0.4, 0.5) is 0 Å². The Labute approximate surface area is 137 Å². The van der Waals surface area contributed by atoms with Gasteiger partial charge in [-0.25, -0.2) is 0 Å². The summed E-state index contributed by atoms with van der Waals surface area (Å²) >= 11 is 9.06. The number of rotatable bonds is 7. The second-order valence-electron chi connectivity index (χ2n) is 5.65. The van der Waals surface area contributed by atoms with E-state index >= 15 is 0 Å². The molecule has 1 heterocycles. The summed E-state index contributed by atoms with van der Waals surface area (Å²) in [5.41, 5.74) is 0.616. The molecule has 0 aromatic carbocycles. The highest BCUT2D eigenvalue weighted by Crippen LogP contribution is 2.45. The molecule has 1 aromatic rings. The normalized spacial score (nSPS) is 18.1. The topological polar surface area (TPSA) is 12.0 Å². The minimum atomic E-state index is 0.616. The van der Waals surface area contributed by atoms with Crippen LogP contribution in [-0.2, 0) is 6.42 Å². The molecule has 1 fully saturated rings. The van der Waals surface area contributed by atoms with Crippen LogP contribution in [0.15, 0.2) is 14.3 Å². The van der Waals surface area contributed by atoms with Crippen LogP contribution in [0.2, 0.25) is 0 Å². The third kappa shape index (κ3) is 4.55. The van der Waals surface area contributed by atoms with Crippen LogP contribution in [0.1, 0.15) is 50.3 Å². The summed E-state index contributed by atoms with van der Waals surface area (Å²) < 4.78 is 2.44. The van der Waals surface area contributed by atoms with Crippen LogP contribution in [0, 0.1) is 5.41 Å². The predicted molar refractivity (Wildman–Crippen MR) is 92.1 cm³/mol. The zero-order valence-corrected chi connectivity index (χ0v) is 15.6. The molecule has 1 N–H and O–H groups in total. The Kier molecular flexibility index (Phi) is 6.38. The molecule has 1 saturated carbocycles. The number of halogens is 2. The van der Waals surface area contributed by atoms with Crippen molar-refractivity contribution < 1.29 is 0 Å². The molecule has 4 heteroatoms. The van der Waals surface area contributed by atoms with Crippen LogP contribution in [0.3, 0.4) is 0 Å². The van der Waals surface area contributed by atoms with E-state index in [4.69, 9.17) is 0 Å². The van der Waals surface area contributed by atoms with E-state index in [1.807, 2.05) is 11.3 Å². The molecule has 0 unspecified atom stereocenters. The predicted octanol–water partition coefficient (Wildman–Crippen LogP) is 5.77. The van der Waals surface area contributed by atoms with Gasteiger partial charge >= 0.3 is 0 Å². The highest BCUT2D eigenvalue weighted by atomic mass is 79.9. The Morgan fingerprint density at radius 3 is 2.58 bits per heavy atom. The summed E-state index contributed by atoms with van der Waals surface area (Å²) in [6, 6.07) is 2.28. The molecule has 1 nitrogen and oxygen atoms in total. The van der Waals surface area contributed by atoms with Crippen LogP contribution in [0.25, 0.3) is 0 Å². The van der Waals surface area contributed by atoms with Crippen molar-refractivity contribution in [3.05, 3.63) is 19.2 Å². The van der Waals surface area contributed by atoms with Gasteiger partial charge in [-0.05, 0) is 88.5 Å². The molecule has 2 rings (SSSR count). The van der Waals surface area contributed by atoms with Gasteiger partial charge in [-0.3, -0.25) is 0 Å². The first kappa shape index (κ1) is 16.0. The first-order valence-electron chi connectivity index (χ1n) is 7.30. The monoisotopic (exact) mass is 407 g/mol. The molecular formula is C15H23Br2NS. The Morgan fingerprint density at radius 1 is 1.26 bits per heavy atom. The molecule has 108 valence electrons. The van der Waals surface area contributed by atoms with Crippen LogP contribution >= 0.6 is 43.2 Å². The zero-order valence-electron chi connectivity index (χ0n) is 11.6. The van der Waals surface area contributed by atoms with E-state index in [2.05, 4.69) is 50.2 Å². The maximum absolute atomic E-state index is 3.60. The first-order valence-corrected chi connectivity index (χ1v) is 9.70. The van der Waals surface area contributed by atoms with Gasteiger partial charge < -0.3 is 5.32 Å². The van der Waals surface area contributed by atoms with Crippen molar-refractivity contribution in [3.63, 3.8) is 0 Å². The summed E-state index contributed by atoms with van der Waals surface area (Å²) in [5.74, 6) is 0. The summed E-state index contributed by atoms with van der Waals surface area (Å²) in [6.45, 7) is 4.48. The lowest BCUT2D eigenvalue weighted by Crippen LogP contribution is -2.25. The molecule has 0 saturated heterocycles. The average Bonchev–Trinajstić information content (AvgIpc) is 2.97. The molecule has 0 aliphatic heterocycles. The molecule has 1 aromatic heterocycles. The summed E-state index contributed by atoms with van der Waals surface area (Å²) in [7, 11) is 0. The highest BCUT2D eigenvalue weighted by Gasteiger charge is 2.32. The smallest absolute Gasteiger partial charge is 0.0843 e. The lowest BCUT2D eigenvalue weighted by Gasteiger charge is -2.29.